The Bertz CT molecular complexity index is 501. The Morgan fingerprint density at radius 2 is 1.81 bits per heavy atom. The maximum Gasteiger partial charge on any atom is 0.191 e. The summed E-state index contributed by atoms with van der Waals surface area (Å²) in [5, 5.41) is 6.55. The van der Waals surface area contributed by atoms with Crippen LogP contribution in [0.1, 0.15) is 33.1 Å². The largest absolute Gasteiger partial charge is 0.493 e. The average Bonchev–Trinajstić information content (AvgIpc) is 2.63. The van der Waals surface area contributed by atoms with Gasteiger partial charge >= 0.3 is 0 Å². The molecule has 0 saturated carbocycles. The number of hydrogen-bond acceptors (Lipinski definition) is 4. The highest BCUT2D eigenvalue weighted by Gasteiger charge is 2.09. The van der Waals surface area contributed by atoms with Crippen molar-refractivity contribution in [1.82, 2.24) is 10.6 Å². The molecule has 0 amide bonds. The molecule has 0 heterocycles. The highest BCUT2D eigenvalue weighted by molar-refractivity contribution is 14.0. The van der Waals surface area contributed by atoms with E-state index in [4.69, 9.17) is 14.2 Å². The van der Waals surface area contributed by atoms with Gasteiger partial charge in [0.05, 0.1) is 13.7 Å². The van der Waals surface area contributed by atoms with Crippen LogP contribution in [0.3, 0.4) is 0 Å². The first-order valence-electron chi connectivity index (χ1n) is 9.03. The Morgan fingerprint density at radius 3 is 2.46 bits per heavy atom. The van der Waals surface area contributed by atoms with E-state index in [0.717, 1.165) is 50.1 Å². The molecule has 1 unspecified atom stereocenters. The molecule has 150 valence electrons. The van der Waals surface area contributed by atoms with Crippen molar-refractivity contribution in [3.05, 3.63) is 24.3 Å². The Hall–Kier alpha value is -1.22. The molecule has 1 aromatic carbocycles. The van der Waals surface area contributed by atoms with Crippen molar-refractivity contribution in [2.24, 2.45) is 4.99 Å². The lowest BCUT2D eigenvalue weighted by atomic mass is 10.3. The predicted molar refractivity (Wildman–Crippen MR) is 118 cm³/mol. The van der Waals surface area contributed by atoms with Gasteiger partial charge in [0.1, 0.15) is 6.10 Å². The third-order valence-corrected chi connectivity index (χ3v) is 3.58. The quantitative estimate of drug-likeness (QED) is 0.208. The second-order valence-corrected chi connectivity index (χ2v) is 5.78. The number of nitrogens with zero attached hydrogens (tertiary/aromatic N) is 1. The normalized spacial score (nSPS) is 12.1. The lowest BCUT2D eigenvalue weighted by Gasteiger charge is -2.19. The van der Waals surface area contributed by atoms with Gasteiger partial charge in [-0.1, -0.05) is 25.5 Å². The Morgan fingerprint density at radius 1 is 1.12 bits per heavy atom. The van der Waals surface area contributed by atoms with Gasteiger partial charge in [-0.15, -0.1) is 24.0 Å². The van der Waals surface area contributed by atoms with Gasteiger partial charge in [0.25, 0.3) is 0 Å². The summed E-state index contributed by atoms with van der Waals surface area (Å²) in [5.74, 6) is 2.25. The molecule has 0 aromatic heterocycles. The van der Waals surface area contributed by atoms with Crippen LogP contribution in [0, 0.1) is 0 Å². The van der Waals surface area contributed by atoms with E-state index in [1.807, 2.05) is 31.2 Å². The van der Waals surface area contributed by atoms with E-state index in [1.54, 1.807) is 14.2 Å². The smallest absolute Gasteiger partial charge is 0.191 e. The highest BCUT2D eigenvalue weighted by atomic mass is 127. The summed E-state index contributed by atoms with van der Waals surface area (Å²) < 4.78 is 16.8. The maximum atomic E-state index is 5.92. The van der Waals surface area contributed by atoms with Crippen LogP contribution in [0.4, 0.5) is 0 Å². The van der Waals surface area contributed by atoms with Crippen molar-refractivity contribution in [1.29, 1.82) is 0 Å². The van der Waals surface area contributed by atoms with Gasteiger partial charge in [0.2, 0.25) is 0 Å². The lowest BCUT2D eigenvalue weighted by Crippen LogP contribution is -2.42. The number of rotatable bonds is 12. The summed E-state index contributed by atoms with van der Waals surface area (Å²) >= 11 is 0. The Labute approximate surface area is 175 Å². The van der Waals surface area contributed by atoms with Gasteiger partial charge in [-0.25, -0.2) is 0 Å². The van der Waals surface area contributed by atoms with E-state index >= 15 is 0 Å². The predicted octanol–water partition coefficient (Wildman–Crippen LogP) is 3.45. The number of nitrogens with one attached hydrogen (secondary N) is 2. The second kappa shape index (κ2) is 16.0. The number of guanidine groups is 1. The van der Waals surface area contributed by atoms with E-state index in [-0.39, 0.29) is 30.1 Å². The zero-order valence-corrected chi connectivity index (χ0v) is 18.7. The minimum atomic E-state index is -0.0211. The minimum Gasteiger partial charge on any atom is -0.493 e. The summed E-state index contributed by atoms with van der Waals surface area (Å²) in [6.07, 6.45) is 3.23. The topological polar surface area (TPSA) is 64.1 Å². The maximum absolute atomic E-state index is 5.92. The molecular weight excluding hydrogens is 445 g/mol. The fourth-order valence-electron chi connectivity index (χ4n) is 2.17. The number of benzene rings is 1. The van der Waals surface area contributed by atoms with Gasteiger partial charge in [0, 0.05) is 26.8 Å². The molecule has 7 heteroatoms. The summed E-state index contributed by atoms with van der Waals surface area (Å²) in [6, 6.07) is 7.65. The molecule has 0 radical (unpaired) electrons. The molecule has 0 saturated heterocycles. The molecule has 0 aliphatic rings. The fraction of sp³-hybridized carbons (Fsp3) is 0.632. The van der Waals surface area contributed by atoms with Crippen LogP contribution in [0.25, 0.3) is 0 Å². The molecule has 6 nitrogen and oxygen atoms in total. The molecule has 2 N–H and O–H groups in total. The van der Waals surface area contributed by atoms with Crippen molar-refractivity contribution in [3.63, 3.8) is 0 Å². The third-order valence-electron chi connectivity index (χ3n) is 3.58. The number of para-hydroxylation sites is 2. The van der Waals surface area contributed by atoms with Crippen molar-refractivity contribution in [2.45, 2.75) is 39.2 Å². The standard InChI is InChI=1S/C19H33N3O3.HI/c1-5-6-13-24-14-9-12-21-19(20-3)22-15-16(2)25-18-11-8-7-10-17(18)23-4;/h7-8,10-11,16H,5-6,9,12-15H2,1-4H3,(H2,20,21,22);1H. The first-order chi connectivity index (χ1) is 12.2. The first kappa shape index (κ1) is 24.8. The monoisotopic (exact) mass is 479 g/mol. The van der Waals surface area contributed by atoms with Gasteiger partial charge in [-0.05, 0) is 31.9 Å². The van der Waals surface area contributed by atoms with Crippen LogP contribution in [0.15, 0.2) is 29.3 Å². The number of aliphatic imine (C=N–C) groups is 1. The molecule has 0 bridgehead atoms. The first-order valence-corrected chi connectivity index (χ1v) is 9.03. The molecule has 1 aromatic rings. The molecule has 1 rings (SSSR count). The van der Waals surface area contributed by atoms with Gasteiger partial charge in [0.15, 0.2) is 17.5 Å². The summed E-state index contributed by atoms with van der Waals surface area (Å²) in [4.78, 5) is 4.22. The van der Waals surface area contributed by atoms with E-state index in [2.05, 4.69) is 22.5 Å². The molecule has 0 aliphatic heterocycles. The molecule has 0 spiro atoms. The third kappa shape index (κ3) is 10.7. The van der Waals surface area contributed by atoms with E-state index in [1.165, 1.54) is 6.42 Å². The van der Waals surface area contributed by atoms with Crippen molar-refractivity contribution in [3.8, 4) is 11.5 Å². The fourth-order valence-corrected chi connectivity index (χ4v) is 2.17. The van der Waals surface area contributed by atoms with E-state index < -0.39 is 0 Å². The molecular formula is C19H34IN3O3. The number of halogens is 1. The molecule has 1 atom stereocenters. The summed E-state index contributed by atoms with van der Waals surface area (Å²) in [7, 11) is 3.40. The molecule has 26 heavy (non-hydrogen) atoms. The zero-order valence-electron chi connectivity index (χ0n) is 16.4. The van der Waals surface area contributed by atoms with E-state index in [9.17, 15) is 0 Å². The number of unbranched alkanes of at least 4 members (excludes halogenated alkanes) is 1. The molecule has 0 aliphatic carbocycles. The number of ether oxygens (including phenoxy) is 3. The van der Waals surface area contributed by atoms with E-state index in [0.29, 0.717) is 6.54 Å². The van der Waals surface area contributed by atoms with Gasteiger partial charge in [-0.3, -0.25) is 4.99 Å². The SMILES string of the molecule is CCCCOCCCNC(=NC)NCC(C)Oc1ccccc1OC.I. The summed E-state index contributed by atoms with van der Waals surface area (Å²) in [5.41, 5.74) is 0. The van der Waals surface area contributed by atoms with Crippen LogP contribution < -0.4 is 20.1 Å². The van der Waals surface area contributed by atoms with Crippen molar-refractivity contribution < 1.29 is 14.2 Å². The molecule has 0 fully saturated rings. The summed E-state index contributed by atoms with van der Waals surface area (Å²) in [6.45, 7) is 7.27. The minimum absolute atomic E-state index is 0. The van der Waals surface area contributed by atoms with Gasteiger partial charge < -0.3 is 24.8 Å². The highest BCUT2D eigenvalue weighted by Crippen LogP contribution is 2.26. The Kier molecular flexibility index (Phi) is 15.2. The van der Waals surface area contributed by atoms with Crippen LogP contribution in [-0.2, 0) is 4.74 Å². The lowest BCUT2D eigenvalue weighted by molar-refractivity contribution is 0.129. The number of hydrogen-bond donors (Lipinski definition) is 2. The second-order valence-electron chi connectivity index (χ2n) is 5.78. The number of methoxy groups -OCH3 is 1. The van der Waals surface area contributed by atoms with Crippen molar-refractivity contribution >= 4 is 29.9 Å². The van der Waals surface area contributed by atoms with Crippen LogP contribution >= 0.6 is 24.0 Å². The van der Waals surface area contributed by atoms with Gasteiger partial charge in [-0.2, -0.15) is 0 Å². The average molecular weight is 479 g/mol. The van der Waals surface area contributed by atoms with Crippen LogP contribution in [0.2, 0.25) is 0 Å². The zero-order chi connectivity index (χ0) is 18.3. The van der Waals surface area contributed by atoms with Crippen molar-refractivity contribution in [2.75, 3.05) is 40.5 Å². The Balaban J connectivity index is 0.00000625. The van der Waals surface area contributed by atoms with Crippen LogP contribution in [0.5, 0.6) is 11.5 Å². The van der Waals surface area contributed by atoms with Crippen LogP contribution in [-0.4, -0.2) is 52.5 Å².